The van der Waals surface area contributed by atoms with Crippen molar-refractivity contribution in [3.8, 4) is 0 Å². The second kappa shape index (κ2) is 10.7. The van der Waals surface area contributed by atoms with Crippen molar-refractivity contribution >= 4 is 29.1 Å². The third kappa shape index (κ3) is 5.44. The first-order chi connectivity index (χ1) is 15.5. The van der Waals surface area contributed by atoms with Gasteiger partial charge in [-0.15, -0.1) is 0 Å². The number of amides is 1. The number of aryl methyl sites for hydroxylation is 1. The topological polar surface area (TPSA) is 44.7 Å². The molecule has 1 saturated heterocycles. The van der Waals surface area contributed by atoms with Gasteiger partial charge in [-0.1, -0.05) is 43.2 Å². The number of likely N-dealkylation sites (tertiary alicyclic amines) is 1. The molecule has 0 saturated carbocycles. The first-order valence-corrected chi connectivity index (χ1v) is 12.9. The average molecular weight is 450 g/mol. The second-order valence-electron chi connectivity index (χ2n) is 9.08. The Kier molecular flexibility index (Phi) is 7.69. The molecule has 1 atom stereocenters. The normalized spacial score (nSPS) is 18.3. The van der Waals surface area contributed by atoms with Crippen LogP contribution in [0.1, 0.15) is 73.9 Å². The van der Waals surface area contributed by atoms with Crippen molar-refractivity contribution in [1.29, 1.82) is 0 Å². The Morgan fingerprint density at radius 3 is 2.84 bits per heavy atom. The van der Waals surface area contributed by atoms with Gasteiger partial charge < -0.3 is 10.2 Å². The molecule has 2 aromatic rings. The molecule has 1 amide bonds. The highest BCUT2D eigenvalue weighted by Crippen LogP contribution is 2.41. The average Bonchev–Trinajstić information content (AvgIpc) is 2.94. The first-order valence-electron chi connectivity index (χ1n) is 12.1. The Labute approximate surface area is 196 Å². The van der Waals surface area contributed by atoms with Crippen LogP contribution in [0, 0.1) is 6.92 Å². The van der Waals surface area contributed by atoms with Crippen LogP contribution in [0.25, 0.3) is 0 Å². The molecule has 2 heterocycles. The fourth-order valence-electron chi connectivity index (χ4n) is 4.62. The van der Waals surface area contributed by atoms with E-state index in [9.17, 15) is 4.79 Å². The van der Waals surface area contributed by atoms with Crippen LogP contribution in [-0.2, 0) is 0 Å². The highest BCUT2D eigenvalue weighted by atomic mass is 32.2. The lowest BCUT2D eigenvalue weighted by molar-refractivity contribution is 0.0949. The lowest BCUT2D eigenvalue weighted by Gasteiger charge is -2.33. The number of hydrogen-bond donors (Lipinski definition) is 1. The van der Waals surface area contributed by atoms with E-state index in [1.54, 1.807) is 11.8 Å². The zero-order valence-corrected chi connectivity index (χ0v) is 20.4. The Balaban J connectivity index is 1.44. The molecule has 1 fully saturated rings. The number of nitrogens with one attached hydrogen (secondary N) is 1. The summed E-state index contributed by atoms with van der Waals surface area (Å²) in [6.45, 7) is 9.59. The van der Waals surface area contributed by atoms with Crippen molar-refractivity contribution in [3.63, 3.8) is 0 Å². The summed E-state index contributed by atoms with van der Waals surface area (Å²) in [4.78, 5) is 22.8. The van der Waals surface area contributed by atoms with Gasteiger partial charge in [0.1, 0.15) is 0 Å². The molecular formula is C27H35N3OS. The Hall–Kier alpha value is -2.11. The fraction of sp³-hybridized carbons (Fsp3) is 0.481. The van der Waals surface area contributed by atoms with E-state index in [1.807, 2.05) is 18.2 Å². The number of carbonyl (C=O) groups is 1. The summed E-state index contributed by atoms with van der Waals surface area (Å²) < 4.78 is 0. The summed E-state index contributed by atoms with van der Waals surface area (Å²) in [5, 5.41) is 3.12. The molecule has 4 nitrogen and oxygen atoms in total. The highest BCUT2D eigenvalue weighted by Gasteiger charge is 2.20. The van der Waals surface area contributed by atoms with Crippen LogP contribution in [0.15, 0.2) is 51.2 Å². The minimum Gasteiger partial charge on any atom is -0.352 e. The lowest BCUT2D eigenvalue weighted by atomic mass is 10.0. The molecule has 170 valence electrons. The summed E-state index contributed by atoms with van der Waals surface area (Å²) in [5.74, 6) is -0.00524. The van der Waals surface area contributed by atoms with Crippen LogP contribution in [0.2, 0.25) is 0 Å². The van der Waals surface area contributed by atoms with Gasteiger partial charge in [0.2, 0.25) is 0 Å². The summed E-state index contributed by atoms with van der Waals surface area (Å²) in [7, 11) is 0. The summed E-state index contributed by atoms with van der Waals surface area (Å²) in [6, 6.07) is 13.2. The van der Waals surface area contributed by atoms with Gasteiger partial charge in [-0.3, -0.25) is 9.79 Å². The molecule has 0 aromatic heterocycles. The molecule has 2 aromatic carbocycles. The van der Waals surface area contributed by atoms with Gasteiger partial charge in [-0.2, -0.15) is 0 Å². The van der Waals surface area contributed by atoms with Crippen molar-refractivity contribution < 1.29 is 4.79 Å². The van der Waals surface area contributed by atoms with Crippen LogP contribution in [-0.4, -0.2) is 42.2 Å². The quantitative estimate of drug-likeness (QED) is 0.499. The summed E-state index contributed by atoms with van der Waals surface area (Å²) >= 11 is 1.75. The minimum atomic E-state index is -0.00524. The molecule has 2 aliphatic rings. The number of fused-ring (bicyclic) bond motifs is 2. The predicted octanol–water partition coefficient (Wildman–Crippen LogP) is 6.37. The second-order valence-corrected chi connectivity index (χ2v) is 10.2. The molecule has 0 unspecified atom stereocenters. The maximum atomic E-state index is 12.8. The van der Waals surface area contributed by atoms with Crippen molar-refractivity contribution in [2.24, 2.45) is 4.99 Å². The third-order valence-corrected chi connectivity index (χ3v) is 7.62. The van der Waals surface area contributed by atoms with Crippen LogP contribution < -0.4 is 5.32 Å². The molecular weight excluding hydrogens is 414 g/mol. The van der Waals surface area contributed by atoms with Crippen LogP contribution in [0.5, 0.6) is 0 Å². The standard InChI is InChI=1S/C27H35N3OS/c1-4-8-23-22-17-19(2)10-12-25(22)32-26-13-11-21(18-24(26)29-23)27(31)28-14-7-16-30-15-6-5-9-20(30)3/h10-13,17-18,20H,4-9,14-16H2,1-3H3,(H,28,31)/t20-/m0/s1. The van der Waals surface area contributed by atoms with Gasteiger partial charge in [0.05, 0.1) is 5.69 Å². The van der Waals surface area contributed by atoms with Gasteiger partial charge in [0.25, 0.3) is 5.91 Å². The van der Waals surface area contributed by atoms with Gasteiger partial charge in [0.15, 0.2) is 0 Å². The van der Waals surface area contributed by atoms with Crippen LogP contribution in [0.3, 0.4) is 0 Å². The van der Waals surface area contributed by atoms with E-state index >= 15 is 0 Å². The van der Waals surface area contributed by atoms with E-state index < -0.39 is 0 Å². The highest BCUT2D eigenvalue weighted by molar-refractivity contribution is 7.99. The molecule has 32 heavy (non-hydrogen) atoms. The molecule has 0 radical (unpaired) electrons. The zero-order valence-electron chi connectivity index (χ0n) is 19.6. The van der Waals surface area contributed by atoms with E-state index in [-0.39, 0.29) is 5.91 Å². The van der Waals surface area contributed by atoms with E-state index in [1.165, 1.54) is 41.8 Å². The Bertz CT molecular complexity index is 1000. The first kappa shape index (κ1) is 23.1. The Morgan fingerprint density at radius 1 is 1.19 bits per heavy atom. The third-order valence-electron chi connectivity index (χ3n) is 6.48. The van der Waals surface area contributed by atoms with Gasteiger partial charge in [-0.05, 0) is 76.4 Å². The van der Waals surface area contributed by atoms with E-state index in [0.717, 1.165) is 42.1 Å². The van der Waals surface area contributed by atoms with E-state index in [4.69, 9.17) is 4.99 Å². The monoisotopic (exact) mass is 449 g/mol. The fourth-order valence-corrected chi connectivity index (χ4v) is 5.62. The predicted molar refractivity (Wildman–Crippen MR) is 135 cm³/mol. The molecule has 0 bridgehead atoms. The number of aliphatic imine (C=N–C) groups is 1. The SMILES string of the molecule is CCCC1=Nc2cc(C(=O)NCCCN3CCCC[C@@H]3C)ccc2Sc2ccc(C)cc21. The van der Waals surface area contributed by atoms with Crippen LogP contribution in [0.4, 0.5) is 5.69 Å². The van der Waals surface area contributed by atoms with E-state index in [0.29, 0.717) is 18.2 Å². The van der Waals surface area contributed by atoms with Gasteiger partial charge in [-0.25, -0.2) is 0 Å². The number of piperidine rings is 1. The van der Waals surface area contributed by atoms with Crippen molar-refractivity contribution in [2.75, 3.05) is 19.6 Å². The molecule has 0 spiro atoms. The molecule has 1 N–H and O–H groups in total. The van der Waals surface area contributed by atoms with Gasteiger partial charge in [0, 0.05) is 45.8 Å². The lowest BCUT2D eigenvalue weighted by Crippen LogP contribution is -2.39. The number of benzene rings is 2. The molecule has 0 aliphatic carbocycles. The molecule has 4 rings (SSSR count). The Morgan fingerprint density at radius 2 is 2.03 bits per heavy atom. The number of carbonyl (C=O) groups excluding carboxylic acids is 1. The maximum absolute atomic E-state index is 12.8. The number of rotatable bonds is 7. The van der Waals surface area contributed by atoms with E-state index in [2.05, 4.69) is 49.2 Å². The zero-order chi connectivity index (χ0) is 22.5. The van der Waals surface area contributed by atoms with Crippen molar-refractivity contribution in [3.05, 3.63) is 53.1 Å². The maximum Gasteiger partial charge on any atom is 0.251 e. The summed E-state index contributed by atoms with van der Waals surface area (Å²) in [5.41, 5.74) is 5.19. The number of hydrogen-bond acceptors (Lipinski definition) is 4. The number of nitrogens with zero attached hydrogens (tertiary/aromatic N) is 2. The summed E-state index contributed by atoms with van der Waals surface area (Å²) in [6.07, 6.45) is 6.91. The van der Waals surface area contributed by atoms with Crippen molar-refractivity contribution in [2.45, 2.75) is 75.1 Å². The largest absolute Gasteiger partial charge is 0.352 e. The molecule has 5 heteroatoms. The van der Waals surface area contributed by atoms with Gasteiger partial charge >= 0.3 is 0 Å². The van der Waals surface area contributed by atoms with Crippen molar-refractivity contribution in [1.82, 2.24) is 10.2 Å². The smallest absolute Gasteiger partial charge is 0.251 e. The van der Waals surface area contributed by atoms with Crippen LogP contribution >= 0.6 is 11.8 Å². The molecule has 2 aliphatic heterocycles. The minimum absolute atomic E-state index is 0.00524.